The van der Waals surface area contributed by atoms with Gasteiger partial charge in [-0.1, -0.05) is 48.5 Å². The number of hydrogen-bond acceptors (Lipinski definition) is 3. The number of nitrogens with one attached hydrogen (secondary N) is 1. The van der Waals surface area contributed by atoms with E-state index in [-0.39, 0.29) is 0 Å². The number of hydrogen-bond donors (Lipinski definition) is 1. The van der Waals surface area contributed by atoms with E-state index >= 15 is 0 Å². The van der Waals surface area contributed by atoms with Crippen molar-refractivity contribution >= 4 is 12.7 Å². The highest BCUT2D eigenvalue weighted by molar-refractivity contribution is 7.68. The van der Waals surface area contributed by atoms with E-state index in [9.17, 15) is 4.57 Å². The Morgan fingerprint density at radius 1 is 1.08 bits per heavy atom. The lowest BCUT2D eigenvalue weighted by molar-refractivity contribution is 0.291. The third-order valence-electron chi connectivity index (χ3n) is 4.88. The first-order chi connectivity index (χ1) is 11.6. The van der Waals surface area contributed by atoms with Gasteiger partial charge in [0, 0.05) is 11.8 Å². The van der Waals surface area contributed by atoms with Gasteiger partial charge in [0.1, 0.15) is 5.28 Å². The summed E-state index contributed by atoms with van der Waals surface area (Å²) >= 11 is 0. The van der Waals surface area contributed by atoms with Crippen LogP contribution >= 0.6 is 7.37 Å². The molecule has 2 aromatic rings. The molecule has 1 aliphatic rings. The first-order valence-corrected chi connectivity index (χ1v) is 10.3. The molecule has 1 fully saturated rings. The van der Waals surface area contributed by atoms with Gasteiger partial charge in [-0.15, -0.1) is 0 Å². The second-order valence-corrected chi connectivity index (χ2v) is 9.37. The maximum Gasteiger partial charge on any atom is 0.251 e. The van der Waals surface area contributed by atoms with E-state index in [1.807, 2.05) is 55.5 Å². The summed E-state index contributed by atoms with van der Waals surface area (Å²) in [7, 11) is -3.04. The van der Waals surface area contributed by atoms with Gasteiger partial charge in [0.05, 0.1) is 6.61 Å². The van der Waals surface area contributed by atoms with Crippen LogP contribution in [-0.2, 0) is 15.6 Å². The van der Waals surface area contributed by atoms with Crippen LogP contribution in [-0.4, -0.2) is 11.9 Å². The second kappa shape index (κ2) is 7.23. The lowest BCUT2D eigenvalue weighted by Crippen LogP contribution is -2.46. The van der Waals surface area contributed by atoms with Gasteiger partial charge in [-0.3, -0.25) is 9.88 Å². The molecule has 2 unspecified atom stereocenters. The molecule has 0 bridgehead atoms. The third-order valence-corrected chi connectivity index (χ3v) is 8.23. The van der Waals surface area contributed by atoms with Crippen molar-refractivity contribution in [1.82, 2.24) is 5.32 Å². The van der Waals surface area contributed by atoms with Crippen molar-refractivity contribution in [3.63, 3.8) is 0 Å². The van der Waals surface area contributed by atoms with Crippen molar-refractivity contribution in [2.75, 3.05) is 6.61 Å². The monoisotopic (exact) mass is 343 g/mol. The van der Waals surface area contributed by atoms with Crippen LogP contribution in [0.4, 0.5) is 0 Å². The molecule has 3 rings (SSSR count). The molecule has 3 nitrogen and oxygen atoms in total. The predicted molar refractivity (Wildman–Crippen MR) is 99.7 cm³/mol. The molecular weight excluding hydrogens is 317 g/mol. The average Bonchev–Trinajstić information content (AvgIpc) is 3.47. The Labute approximate surface area is 144 Å². The Hall–Kier alpha value is -1.41. The summed E-state index contributed by atoms with van der Waals surface area (Å²) in [5.74, 6) is 0.388. The predicted octanol–water partition coefficient (Wildman–Crippen LogP) is 4.54. The molecule has 1 aliphatic carbocycles. The van der Waals surface area contributed by atoms with Crippen LogP contribution in [0.15, 0.2) is 60.7 Å². The van der Waals surface area contributed by atoms with Crippen LogP contribution in [0.1, 0.15) is 32.3 Å². The third kappa shape index (κ3) is 3.35. The lowest BCUT2D eigenvalue weighted by Gasteiger charge is -2.38. The van der Waals surface area contributed by atoms with Crippen molar-refractivity contribution in [2.24, 2.45) is 5.92 Å². The van der Waals surface area contributed by atoms with E-state index in [1.54, 1.807) is 0 Å². The Morgan fingerprint density at radius 3 is 2.21 bits per heavy atom. The van der Waals surface area contributed by atoms with E-state index in [4.69, 9.17) is 4.52 Å². The van der Waals surface area contributed by atoms with Gasteiger partial charge in [-0.05, 0) is 50.3 Å². The molecule has 4 heteroatoms. The summed E-state index contributed by atoms with van der Waals surface area (Å²) < 4.78 is 20.0. The smallest absolute Gasteiger partial charge is 0.251 e. The molecule has 0 aliphatic heterocycles. The Morgan fingerprint density at radius 2 is 1.67 bits per heavy atom. The highest BCUT2D eigenvalue weighted by Crippen LogP contribution is 2.64. The maximum atomic E-state index is 14.1. The maximum absolute atomic E-state index is 14.1. The summed E-state index contributed by atoms with van der Waals surface area (Å²) in [5.41, 5.74) is 1.19. The normalized spacial score (nSPS) is 19.4. The van der Waals surface area contributed by atoms with Crippen LogP contribution in [0.5, 0.6) is 0 Å². The van der Waals surface area contributed by atoms with Crippen molar-refractivity contribution in [2.45, 2.75) is 38.5 Å². The molecule has 0 radical (unpaired) electrons. The SMILES string of the molecule is CCOP(=O)(c1ccccc1)C(C)(NCc1ccccc1)C1CC1. The highest BCUT2D eigenvalue weighted by Gasteiger charge is 2.55. The van der Waals surface area contributed by atoms with Crippen LogP contribution < -0.4 is 10.6 Å². The van der Waals surface area contributed by atoms with Crippen molar-refractivity contribution < 1.29 is 9.09 Å². The Kier molecular flexibility index (Phi) is 5.24. The van der Waals surface area contributed by atoms with Gasteiger partial charge in [-0.2, -0.15) is 0 Å². The summed E-state index contributed by atoms with van der Waals surface area (Å²) in [5, 5.41) is 3.88. The topological polar surface area (TPSA) is 38.3 Å². The van der Waals surface area contributed by atoms with Crippen molar-refractivity contribution in [1.29, 1.82) is 0 Å². The Balaban J connectivity index is 1.93. The van der Waals surface area contributed by atoms with Crippen LogP contribution in [0.2, 0.25) is 0 Å². The average molecular weight is 343 g/mol. The largest absolute Gasteiger partial charge is 0.324 e. The van der Waals surface area contributed by atoms with E-state index in [0.29, 0.717) is 19.1 Å². The van der Waals surface area contributed by atoms with Gasteiger partial charge in [0.2, 0.25) is 0 Å². The first-order valence-electron chi connectivity index (χ1n) is 8.69. The molecule has 2 atom stereocenters. The summed E-state index contributed by atoms with van der Waals surface area (Å²) in [4.78, 5) is 0. The van der Waals surface area contributed by atoms with E-state index < -0.39 is 12.6 Å². The molecule has 1 N–H and O–H groups in total. The summed E-state index contributed by atoms with van der Waals surface area (Å²) in [6.45, 7) is 5.14. The first kappa shape index (κ1) is 17.4. The molecule has 0 saturated heterocycles. The van der Waals surface area contributed by atoms with Crippen molar-refractivity contribution in [3.8, 4) is 0 Å². The summed E-state index contributed by atoms with van der Waals surface area (Å²) in [6, 6.07) is 19.9. The molecule has 0 heterocycles. The van der Waals surface area contributed by atoms with Gasteiger partial charge in [-0.25, -0.2) is 0 Å². The van der Waals surface area contributed by atoms with E-state index in [0.717, 1.165) is 18.1 Å². The van der Waals surface area contributed by atoms with Gasteiger partial charge >= 0.3 is 0 Å². The lowest BCUT2D eigenvalue weighted by atomic mass is 10.1. The van der Waals surface area contributed by atoms with Crippen LogP contribution in [0.3, 0.4) is 0 Å². The minimum absolute atomic E-state index is 0.388. The van der Waals surface area contributed by atoms with Gasteiger partial charge in [0.25, 0.3) is 7.37 Å². The zero-order valence-electron chi connectivity index (χ0n) is 14.4. The number of benzene rings is 2. The molecule has 24 heavy (non-hydrogen) atoms. The highest BCUT2D eigenvalue weighted by atomic mass is 31.2. The minimum atomic E-state index is -3.04. The fourth-order valence-electron chi connectivity index (χ4n) is 3.29. The fraction of sp³-hybridized carbons (Fsp3) is 0.400. The van der Waals surface area contributed by atoms with Crippen LogP contribution in [0.25, 0.3) is 0 Å². The molecule has 128 valence electrons. The minimum Gasteiger partial charge on any atom is -0.324 e. The van der Waals surface area contributed by atoms with E-state index in [2.05, 4.69) is 24.4 Å². The fourth-order valence-corrected chi connectivity index (χ4v) is 6.20. The molecule has 1 saturated carbocycles. The zero-order chi connectivity index (χ0) is 17.0. The molecular formula is C20H26NO2P. The standard InChI is InChI=1S/C20H26NO2P/c1-3-23-24(22,19-12-8-5-9-13-19)20(2,18-14-15-18)21-16-17-10-6-4-7-11-17/h4-13,18,21H,3,14-16H2,1-2H3. The Bertz CT molecular complexity index is 700. The van der Waals surface area contributed by atoms with Crippen LogP contribution in [0, 0.1) is 5.92 Å². The molecule has 0 aromatic heterocycles. The zero-order valence-corrected chi connectivity index (χ0v) is 15.3. The molecule has 0 spiro atoms. The molecule has 2 aromatic carbocycles. The van der Waals surface area contributed by atoms with Gasteiger partial charge in [0.15, 0.2) is 0 Å². The quantitative estimate of drug-likeness (QED) is 0.715. The number of rotatable bonds is 8. The summed E-state index contributed by atoms with van der Waals surface area (Å²) in [6.07, 6.45) is 2.20. The van der Waals surface area contributed by atoms with E-state index in [1.165, 1.54) is 5.56 Å². The second-order valence-electron chi connectivity index (χ2n) is 6.57. The van der Waals surface area contributed by atoms with Gasteiger partial charge < -0.3 is 4.52 Å². The van der Waals surface area contributed by atoms with Crippen molar-refractivity contribution in [3.05, 3.63) is 66.2 Å². The molecule has 0 amide bonds.